The molecule has 1 fully saturated rings. The molecule has 1 saturated carbocycles. The van der Waals surface area contributed by atoms with E-state index in [0.29, 0.717) is 17.4 Å². The van der Waals surface area contributed by atoms with Crippen LogP contribution in [0.2, 0.25) is 5.02 Å². The molecular weight excluding hydrogens is 314 g/mol. The highest BCUT2D eigenvalue weighted by molar-refractivity contribution is 14.1. The number of hydrogen-bond donors (Lipinski definition) is 2. The van der Waals surface area contributed by atoms with Gasteiger partial charge in [-0.2, -0.15) is 0 Å². The van der Waals surface area contributed by atoms with Gasteiger partial charge in [-0.15, -0.1) is 0 Å². The van der Waals surface area contributed by atoms with Crippen molar-refractivity contribution in [1.82, 2.24) is 4.98 Å². The van der Waals surface area contributed by atoms with Crippen LogP contribution >= 0.6 is 34.2 Å². The lowest BCUT2D eigenvalue weighted by atomic mass is 10.3. The molecule has 76 valence electrons. The fourth-order valence-corrected chi connectivity index (χ4v) is 1.71. The first-order valence-electron chi connectivity index (χ1n) is 4.37. The number of nitrogens with zero attached hydrogens (tertiary/aromatic N) is 1. The van der Waals surface area contributed by atoms with Gasteiger partial charge in [-0.05, 0) is 41.5 Å². The Morgan fingerprint density at radius 3 is 3.00 bits per heavy atom. The molecule has 2 N–H and O–H groups in total. The molecular formula is C9H10ClIN2O. The Kier molecular flexibility index (Phi) is 2.86. The smallest absolute Gasteiger partial charge is 0.145 e. The van der Waals surface area contributed by atoms with Gasteiger partial charge >= 0.3 is 0 Å². The molecule has 1 aliphatic carbocycles. The minimum Gasteiger partial charge on any atom is -0.388 e. The minimum absolute atomic E-state index is 0.522. The van der Waals surface area contributed by atoms with Crippen molar-refractivity contribution in [3.05, 3.63) is 20.9 Å². The normalized spacial score (nSPS) is 17.9. The second-order valence-electron chi connectivity index (χ2n) is 3.53. The van der Waals surface area contributed by atoms with Crippen LogP contribution in [-0.2, 0) is 0 Å². The molecule has 0 unspecified atom stereocenters. The molecule has 1 aliphatic rings. The number of rotatable bonds is 3. The van der Waals surface area contributed by atoms with Gasteiger partial charge in [0.05, 0.1) is 10.6 Å². The molecule has 0 spiro atoms. The van der Waals surface area contributed by atoms with Crippen LogP contribution in [0.3, 0.4) is 0 Å². The number of pyridine rings is 1. The molecule has 0 atom stereocenters. The van der Waals surface area contributed by atoms with E-state index in [2.05, 4.69) is 32.9 Å². The lowest BCUT2D eigenvalue weighted by Gasteiger charge is -2.11. The van der Waals surface area contributed by atoms with E-state index in [1.54, 1.807) is 6.20 Å². The fourth-order valence-electron chi connectivity index (χ4n) is 1.11. The van der Waals surface area contributed by atoms with Gasteiger partial charge in [0.1, 0.15) is 5.82 Å². The Labute approximate surface area is 101 Å². The van der Waals surface area contributed by atoms with E-state index in [1.165, 1.54) is 0 Å². The van der Waals surface area contributed by atoms with Gasteiger partial charge in [0, 0.05) is 16.3 Å². The first kappa shape index (κ1) is 10.4. The van der Waals surface area contributed by atoms with Crippen molar-refractivity contribution in [2.24, 2.45) is 0 Å². The number of halogens is 2. The van der Waals surface area contributed by atoms with E-state index in [9.17, 15) is 5.11 Å². The van der Waals surface area contributed by atoms with Crippen LogP contribution in [0.1, 0.15) is 12.8 Å². The quantitative estimate of drug-likeness (QED) is 0.839. The summed E-state index contributed by atoms with van der Waals surface area (Å²) in [5, 5.41) is 13.3. The Balaban J connectivity index is 2.05. The van der Waals surface area contributed by atoms with Crippen LogP contribution in [0, 0.1) is 3.57 Å². The van der Waals surface area contributed by atoms with Gasteiger partial charge in [0.25, 0.3) is 0 Å². The molecule has 14 heavy (non-hydrogen) atoms. The van der Waals surface area contributed by atoms with Crippen molar-refractivity contribution < 1.29 is 5.11 Å². The van der Waals surface area contributed by atoms with E-state index in [4.69, 9.17) is 11.6 Å². The van der Waals surface area contributed by atoms with Crippen LogP contribution in [-0.4, -0.2) is 22.2 Å². The summed E-state index contributed by atoms with van der Waals surface area (Å²) >= 11 is 8.18. The molecule has 5 heteroatoms. The Bertz CT molecular complexity index is 355. The van der Waals surface area contributed by atoms with Gasteiger partial charge in [-0.25, -0.2) is 4.98 Å². The second-order valence-corrected chi connectivity index (χ2v) is 5.07. The zero-order chi connectivity index (χ0) is 10.2. The first-order chi connectivity index (χ1) is 6.61. The number of nitrogens with one attached hydrogen (secondary N) is 1. The lowest BCUT2D eigenvalue weighted by Crippen LogP contribution is -2.21. The molecule has 0 aromatic carbocycles. The lowest BCUT2D eigenvalue weighted by molar-refractivity contribution is 0.164. The van der Waals surface area contributed by atoms with E-state index in [-0.39, 0.29) is 0 Å². The maximum Gasteiger partial charge on any atom is 0.145 e. The molecule has 0 amide bonds. The maximum atomic E-state index is 9.62. The largest absolute Gasteiger partial charge is 0.388 e. The zero-order valence-corrected chi connectivity index (χ0v) is 10.3. The van der Waals surface area contributed by atoms with Crippen molar-refractivity contribution in [3.63, 3.8) is 0 Å². The predicted octanol–water partition coefficient (Wildman–Crippen LogP) is 2.28. The standard InChI is InChI=1S/C9H10ClIN2O/c10-7-6(11)1-4-12-8(7)13-5-9(14)2-3-9/h1,4,14H,2-3,5H2,(H,12,13). The Morgan fingerprint density at radius 2 is 2.36 bits per heavy atom. The summed E-state index contributed by atoms with van der Waals surface area (Å²) in [5.74, 6) is 0.652. The summed E-state index contributed by atoms with van der Waals surface area (Å²) in [7, 11) is 0. The third-order valence-electron chi connectivity index (χ3n) is 2.25. The molecule has 3 nitrogen and oxygen atoms in total. The molecule has 2 rings (SSSR count). The average Bonchev–Trinajstić information content (AvgIpc) is 2.88. The van der Waals surface area contributed by atoms with Crippen LogP contribution in [0.15, 0.2) is 12.3 Å². The average molecular weight is 325 g/mol. The first-order valence-corrected chi connectivity index (χ1v) is 5.83. The van der Waals surface area contributed by atoms with Crippen molar-refractivity contribution in [2.45, 2.75) is 18.4 Å². The summed E-state index contributed by atoms with van der Waals surface area (Å²) in [6, 6.07) is 1.85. The summed E-state index contributed by atoms with van der Waals surface area (Å²) in [6.07, 6.45) is 3.43. The highest BCUT2D eigenvalue weighted by atomic mass is 127. The molecule has 1 heterocycles. The van der Waals surface area contributed by atoms with Crippen molar-refractivity contribution >= 4 is 40.0 Å². The number of aromatic nitrogens is 1. The van der Waals surface area contributed by atoms with Gasteiger partial charge in [0.2, 0.25) is 0 Å². The van der Waals surface area contributed by atoms with Gasteiger partial charge in [-0.3, -0.25) is 0 Å². The second kappa shape index (κ2) is 3.83. The maximum absolute atomic E-state index is 9.62. The van der Waals surface area contributed by atoms with Gasteiger partial charge < -0.3 is 10.4 Å². The summed E-state index contributed by atoms with van der Waals surface area (Å²) in [4.78, 5) is 4.11. The molecule has 0 radical (unpaired) electrons. The minimum atomic E-state index is -0.522. The van der Waals surface area contributed by atoms with E-state index < -0.39 is 5.60 Å². The predicted molar refractivity (Wildman–Crippen MR) is 64.6 cm³/mol. The Hall–Kier alpha value is -0.0700. The molecule has 0 bridgehead atoms. The Morgan fingerprint density at radius 1 is 1.64 bits per heavy atom. The highest BCUT2D eigenvalue weighted by Crippen LogP contribution is 2.35. The van der Waals surface area contributed by atoms with E-state index in [0.717, 1.165) is 16.4 Å². The summed E-state index contributed by atoms with van der Waals surface area (Å²) in [5.41, 5.74) is -0.522. The third-order valence-corrected chi connectivity index (χ3v) is 3.85. The van der Waals surface area contributed by atoms with Crippen LogP contribution in [0.5, 0.6) is 0 Å². The highest BCUT2D eigenvalue weighted by Gasteiger charge is 2.40. The van der Waals surface area contributed by atoms with Crippen LogP contribution < -0.4 is 5.32 Å². The summed E-state index contributed by atoms with van der Waals surface area (Å²) < 4.78 is 0.963. The van der Waals surface area contributed by atoms with Crippen molar-refractivity contribution in [1.29, 1.82) is 0 Å². The number of anilines is 1. The molecule has 0 saturated heterocycles. The van der Waals surface area contributed by atoms with E-state index in [1.807, 2.05) is 6.07 Å². The third kappa shape index (κ3) is 2.29. The number of aliphatic hydroxyl groups is 1. The van der Waals surface area contributed by atoms with Crippen LogP contribution in [0.25, 0.3) is 0 Å². The fraction of sp³-hybridized carbons (Fsp3) is 0.444. The van der Waals surface area contributed by atoms with E-state index >= 15 is 0 Å². The molecule has 1 aromatic heterocycles. The number of hydrogen-bond acceptors (Lipinski definition) is 3. The summed E-state index contributed by atoms with van der Waals surface area (Å²) in [6.45, 7) is 0.528. The van der Waals surface area contributed by atoms with Crippen molar-refractivity contribution in [2.75, 3.05) is 11.9 Å². The topological polar surface area (TPSA) is 45.1 Å². The van der Waals surface area contributed by atoms with Crippen molar-refractivity contribution in [3.8, 4) is 0 Å². The zero-order valence-electron chi connectivity index (χ0n) is 7.43. The SMILES string of the molecule is OC1(CNc2nccc(I)c2Cl)CC1. The molecule has 1 aromatic rings. The molecule has 0 aliphatic heterocycles. The van der Waals surface area contributed by atoms with Crippen LogP contribution in [0.4, 0.5) is 5.82 Å². The monoisotopic (exact) mass is 324 g/mol. The van der Waals surface area contributed by atoms with Gasteiger partial charge in [-0.1, -0.05) is 11.6 Å². The van der Waals surface area contributed by atoms with Gasteiger partial charge in [0.15, 0.2) is 0 Å².